The molecule has 170 valence electrons. The van der Waals surface area contributed by atoms with E-state index in [0.717, 1.165) is 0 Å². The van der Waals surface area contributed by atoms with Gasteiger partial charge in [-0.15, -0.1) is 0 Å². The molecule has 0 bridgehead atoms. The Bertz CT molecular complexity index is 1040. The zero-order chi connectivity index (χ0) is 22.9. The lowest BCUT2D eigenvalue weighted by atomic mass is 10.1. The molecule has 21 heteroatoms. The van der Waals surface area contributed by atoms with Crippen LogP contribution in [0, 0.1) is 0 Å². The average molecular weight is 495 g/mol. The summed E-state index contributed by atoms with van der Waals surface area (Å²) in [4.78, 5) is 56.8. The summed E-state index contributed by atoms with van der Waals surface area (Å²) in [5, 5.41) is 22.6. The predicted molar refractivity (Wildman–Crippen MR) is 96.7 cm³/mol. The number of hydrogen-bond donors (Lipinski definition) is 9. The normalized spacial score (nSPS) is 20.1. The Kier molecular flexibility index (Phi) is 7.36. The number of rotatable bonds is 9. The van der Waals surface area contributed by atoms with Crippen molar-refractivity contribution in [2.24, 2.45) is 4.99 Å². The molecule has 1 aromatic heterocycles. The van der Waals surface area contributed by atoms with Gasteiger partial charge in [-0.05, 0) is 0 Å². The number of aliphatic hydroxyl groups is 2. The van der Waals surface area contributed by atoms with Crippen molar-refractivity contribution in [3.8, 4) is 0 Å². The van der Waals surface area contributed by atoms with Gasteiger partial charge in [-0.1, -0.05) is 0 Å². The molecule has 0 radical (unpaired) electrons. The summed E-state index contributed by atoms with van der Waals surface area (Å²) in [6.45, 7) is -1.39. The largest absolute Gasteiger partial charge is 0.490 e. The monoisotopic (exact) mass is 495 g/mol. The summed E-state index contributed by atoms with van der Waals surface area (Å²) >= 11 is 0. The van der Waals surface area contributed by atoms with Crippen molar-refractivity contribution in [1.82, 2.24) is 9.97 Å². The number of phosphoric acid groups is 3. The zero-order valence-electron chi connectivity index (χ0n) is 14.4. The maximum absolute atomic E-state index is 11.8. The van der Waals surface area contributed by atoms with Crippen molar-refractivity contribution >= 4 is 46.6 Å². The van der Waals surface area contributed by atoms with Gasteiger partial charge >= 0.3 is 23.5 Å². The van der Waals surface area contributed by atoms with Crippen LogP contribution in [0.5, 0.6) is 0 Å². The Morgan fingerprint density at radius 2 is 1.73 bits per heavy atom. The number of fused-ring (bicyclic) bond motifs is 1. The lowest BCUT2D eigenvalue weighted by molar-refractivity contribution is 0.0167. The topological polar surface area (TPSA) is 296 Å². The number of aromatic amines is 1. The summed E-state index contributed by atoms with van der Waals surface area (Å²) in [6, 6.07) is 0. The molecule has 1 aromatic rings. The van der Waals surface area contributed by atoms with Crippen molar-refractivity contribution in [2.45, 2.75) is 12.2 Å². The highest BCUT2D eigenvalue weighted by Crippen LogP contribution is 2.66. The second kappa shape index (κ2) is 8.92. The van der Waals surface area contributed by atoms with Crippen molar-refractivity contribution < 1.29 is 56.6 Å². The van der Waals surface area contributed by atoms with Gasteiger partial charge < -0.3 is 40.8 Å². The molecule has 0 amide bonds. The van der Waals surface area contributed by atoms with E-state index in [9.17, 15) is 33.6 Å². The number of nitrogens with two attached hydrogens (primary N) is 1. The van der Waals surface area contributed by atoms with Gasteiger partial charge in [0.2, 0.25) is 5.95 Å². The lowest BCUT2D eigenvalue weighted by Gasteiger charge is -2.24. The highest BCUT2D eigenvalue weighted by atomic mass is 31.3. The van der Waals surface area contributed by atoms with Gasteiger partial charge in [-0.2, -0.15) is 13.6 Å². The highest BCUT2D eigenvalue weighted by molar-refractivity contribution is 7.66. The van der Waals surface area contributed by atoms with Crippen molar-refractivity contribution in [2.75, 3.05) is 24.2 Å². The number of hydrogen-bond acceptors (Lipinski definition) is 13. The molecule has 1 aliphatic heterocycles. The zero-order valence-corrected chi connectivity index (χ0v) is 17.1. The van der Waals surface area contributed by atoms with E-state index in [1.54, 1.807) is 0 Å². The number of aromatic nitrogens is 2. The van der Waals surface area contributed by atoms with E-state index >= 15 is 0 Å². The summed E-state index contributed by atoms with van der Waals surface area (Å²) in [5.74, 6) is -0.184. The standard InChI is InChI=1S/C9H16N5O13P3/c10-9-13-7-5(8(17)14-9)12-3(1-11-7)6(16)4(15)2-25-29(21,22)27-30(23,24)26-28(18,19)20/h4,6,15-16H,1-2H2,(H,21,22)(H,23,24)(H2,18,19,20)(H4,10,11,13,14,17). The third-order valence-electron chi connectivity index (χ3n) is 3.14. The Labute approximate surface area is 165 Å². The van der Waals surface area contributed by atoms with Gasteiger partial charge in [0.05, 0.1) is 18.9 Å². The Morgan fingerprint density at radius 3 is 2.33 bits per heavy atom. The Balaban J connectivity index is 2.04. The molecule has 2 rings (SSSR count). The number of aliphatic imine (C=N–C) groups is 1. The van der Waals surface area contributed by atoms with Gasteiger partial charge in [0, 0.05) is 0 Å². The van der Waals surface area contributed by atoms with Gasteiger partial charge in [0.15, 0.2) is 11.5 Å². The predicted octanol–water partition coefficient (Wildman–Crippen LogP) is -2.08. The first-order chi connectivity index (χ1) is 13.6. The third-order valence-corrected chi connectivity index (χ3v) is 6.94. The fourth-order valence-electron chi connectivity index (χ4n) is 2.03. The van der Waals surface area contributed by atoms with Crippen LogP contribution in [0.25, 0.3) is 0 Å². The Hall–Kier alpha value is -1.52. The van der Waals surface area contributed by atoms with Crippen LogP contribution in [0.4, 0.5) is 17.5 Å². The number of nitrogens with one attached hydrogen (secondary N) is 2. The summed E-state index contributed by atoms with van der Waals surface area (Å²) in [7, 11) is -16.8. The number of nitrogens with zero attached hydrogens (tertiary/aromatic N) is 2. The van der Waals surface area contributed by atoms with Crippen LogP contribution < -0.4 is 16.6 Å². The fourth-order valence-corrected chi connectivity index (χ4v) is 5.06. The molecule has 0 spiro atoms. The minimum atomic E-state index is -5.73. The molecule has 1 aliphatic rings. The molecule has 0 aliphatic carbocycles. The molecule has 4 atom stereocenters. The molecule has 0 aromatic carbocycles. The summed E-state index contributed by atoms with van der Waals surface area (Å²) < 4.78 is 44.5. The van der Waals surface area contributed by atoms with Crippen molar-refractivity contribution in [3.63, 3.8) is 0 Å². The summed E-state index contributed by atoms with van der Waals surface area (Å²) in [5.41, 5.74) is 4.15. The van der Waals surface area contributed by atoms with E-state index in [0.29, 0.717) is 0 Å². The van der Waals surface area contributed by atoms with E-state index < -0.39 is 47.8 Å². The first-order valence-electron chi connectivity index (χ1n) is 7.44. The third kappa shape index (κ3) is 7.02. The van der Waals surface area contributed by atoms with E-state index in [2.05, 4.69) is 33.4 Å². The van der Waals surface area contributed by atoms with Crippen LogP contribution in [-0.2, 0) is 26.8 Å². The van der Waals surface area contributed by atoms with E-state index in [1.807, 2.05) is 0 Å². The highest BCUT2D eigenvalue weighted by Gasteiger charge is 2.41. The maximum atomic E-state index is 11.8. The molecule has 4 unspecified atom stereocenters. The fraction of sp³-hybridized carbons (Fsp3) is 0.444. The number of anilines is 2. The molecular weight excluding hydrogens is 479 g/mol. The molecule has 0 fully saturated rings. The number of phosphoric ester groups is 1. The SMILES string of the molecule is Nc1nc2c(c(=O)[nH]1)N=C(C(O)C(O)COP(=O)(O)OP(=O)(O)OP(=O)(O)O)CN2. The molecular formula is C9H16N5O13P3. The van der Waals surface area contributed by atoms with Crippen LogP contribution in [0.1, 0.15) is 0 Å². The molecule has 10 N–H and O–H groups in total. The first-order valence-corrected chi connectivity index (χ1v) is 12.0. The van der Waals surface area contributed by atoms with Gasteiger partial charge in [-0.3, -0.25) is 14.3 Å². The minimum absolute atomic E-state index is 0.00922. The molecule has 0 saturated carbocycles. The second-order valence-corrected chi connectivity index (χ2v) is 9.92. The van der Waals surface area contributed by atoms with Crippen molar-refractivity contribution in [1.29, 1.82) is 0 Å². The van der Waals surface area contributed by atoms with Crippen LogP contribution in [0.15, 0.2) is 9.79 Å². The van der Waals surface area contributed by atoms with Crippen LogP contribution in [-0.4, -0.2) is 70.8 Å². The lowest BCUT2D eigenvalue weighted by Crippen LogP contribution is -2.41. The van der Waals surface area contributed by atoms with Crippen LogP contribution in [0.3, 0.4) is 0 Å². The second-order valence-electron chi connectivity index (χ2n) is 5.50. The molecule has 18 nitrogen and oxygen atoms in total. The number of H-pyrrole nitrogens is 1. The quantitative estimate of drug-likeness (QED) is 0.166. The number of nitrogen functional groups attached to an aromatic ring is 1. The van der Waals surface area contributed by atoms with Crippen LogP contribution in [0.2, 0.25) is 0 Å². The van der Waals surface area contributed by atoms with Gasteiger partial charge in [-0.25, -0.2) is 18.7 Å². The van der Waals surface area contributed by atoms with E-state index in [4.69, 9.17) is 20.4 Å². The van der Waals surface area contributed by atoms with Crippen LogP contribution >= 0.6 is 23.5 Å². The van der Waals surface area contributed by atoms with Gasteiger partial charge in [0.25, 0.3) is 5.56 Å². The van der Waals surface area contributed by atoms with Crippen molar-refractivity contribution in [3.05, 3.63) is 10.4 Å². The minimum Gasteiger partial charge on any atom is -0.388 e. The first kappa shape index (κ1) is 24.7. The number of aliphatic hydroxyl groups excluding tert-OH is 2. The smallest absolute Gasteiger partial charge is 0.388 e. The van der Waals surface area contributed by atoms with Gasteiger partial charge in [0.1, 0.15) is 12.2 Å². The Morgan fingerprint density at radius 1 is 1.10 bits per heavy atom. The average Bonchev–Trinajstić information content (AvgIpc) is 2.55. The summed E-state index contributed by atoms with van der Waals surface area (Å²) in [6.07, 6.45) is -3.81. The molecule has 0 saturated heterocycles. The maximum Gasteiger partial charge on any atom is 0.490 e. The van der Waals surface area contributed by atoms with E-state index in [1.165, 1.54) is 0 Å². The molecule has 2 heterocycles. The molecule has 30 heavy (non-hydrogen) atoms. The van der Waals surface area contributed by atoms with E-state index in [-0.39, 0.29) is 29.7 Å².